The van der Waals surface area contributed by atoms with E-state index in [0.717, 1.165) is 0 Å². The number of rotatable bonds is 4. The first kappa shape index (κ1) is 15.0. The number of carbonyl (C=O) groups excluding carboxylic acids is 1. The Morgan fingerprint density at radius 2 is 1.91 bits per heavy atom. The average molecular weight is 309 g/mol. The lowest BCUT2D eigenvalue weighted by Crippen LogP contribution is -2.12. The Balaban J connectivity index is 1.68. The number of aryl methyl sites for hydroxylation is 3. The van der Waals surface area contributed by atoms with Gasteiger partial charge in [0.2, 0.25) is 0 Å². The maximum Gasteiger partial charge on any atom is 0.259 e. The fourth-order valence-electron chi connectivity index (χ4n) is 2.42. The van der Waals surface area contributed by atoms with Crippen LogP contribution in [0.3, 0.4) is 0 Å². The summed E-state index contributed by atoms with van der Waals surface area (Å²) >= 11 is 0. The van der Waals surface area contributed by atoms with Crippen LogP contribution in [0.4, 0.5) is 5.69 Å². The maximum absolute atomic E-state index is 12.3. The van der Waals surface area contributed by atoms with Gasteiger partial charge in [-0.15, -0.1) is 0 Å². The molecule has 0 unspecified atom stereocenters. The van der Waals surface area contributed by atoms with E-state index in [2.05, 4.69) is 46.7 Å². The van der Waals surface area contributed by atoms with E-state index in [9.17, 15) is 4.79 Å². The van der Waals surface area contributed by atoms with Crippen LogP contribution >= 0.6 is 0 Å². The van der Waals surface area contributed by atoms with E-state index in [-0.39, 0.29) is 5.91 Å². The zero-order chi connectivity index (χ0) is 16.4. The molecule has 0 saturated heterocycles. The molecule has 0 bridgehead atoms. The molecule has 1 amide bonds. The number of anilines is 1. The lowest BCUT2D eigenvalue weighted by atomic mass is 10.1. The summed E-state index contributed by atoms with van der Waals surface area (Å²) in [5.41, 5.74) is 4.34. The lowest BCUT2D eigenvalue weighted by molar-refractivity contribution is 0.102. The van der Waals surface area contributed by atoms with Crippen molar-refractivity contribution in [2.45, 2.75) is 20.4 Å². The first-order chi connectivity index (χ1) is 11.0. The molecule has 0 aliphatic carbocycles. The molecule has 0 spiro atoms. The Hall–Kier alpha value is -2.89. The number of hydrogen-bond acceptors (Lipinski definition) is 3. The van der Waals surface area contributed by atoms with Crippen molar-refractivity contribution in [3.63, 3.8) is 0 Å². The highest BCUT2D eigenvalue weighted by atomic mass is 16.1. The number of amides is 1. The molecule has 0 atom stereocenters. The van der Waals surface area contributed by atoms with E-state index >= 15 is 0 Å². The van der Waals surface area contributed by atoms with Crippen LogP contribution in [0.1, 0.15) is 27.2 Å². The molecular weight excluding hydrogens is 290 g/mol. The molecule has 0 radical (unpaired) electrons. The van der Waals surface area contributed by atoms with Crippen molar-refractivity contribution in [2.75, 3.05) is 5.32 Å². The predicted molar refractivity (Wildman–Crippen MR) is 88.4 cm³/mol. The predicted octanol–water partition coefficient (Wildman–Crippen LogP) is 2.53. The number of carbonyl (C=O) groups is 1. The maximum atomic E-state index is 12.3. The minimum atomic E-state index is -0.175. The van der Waals surface area contributed by atoms with Crippen molar-refractivity contribution >= 4 is 11.6 Å². The van der Waals surface area contributed by atoms with E-state index in [1.165, 1.54) is 11.1 Å². The number of nitrogens with one attached hydrogen (secondary N) is 1. The van der Waals surface area contributed by atoms with Gasteiger partial charge >= 0.3 is 0 Å². The summed E-state index contributed by atoms with van der Waals surface area (Å²) in [6.45, 7) is 4.55. The average Bonchev–Trinajstić information content (AvgIpc) is 3.07. The first-order valence-corrected chi connectivity index (χ1v) is 7.41. The van der Waals surface area contributed by atoms with Gasteiger partial charge in [-0.25, -0.2) is 0 Å². The van der Waals surface area contributed by atoms with Gasteiger partial charge in [-0.3, -0.25) is 14.2 Å². The van der Waals surface area contributed by atoms with Crippen LogP contribution in [0.15, 0.2) is 42.9 Å². The molecule has 2 aromatic heterocycles. The third kappa shape index (κ3) is 3.48. The minimum Gasteiger partial charge on any atom is -0.319 e. The fourth-order valence-corrected chi connectivity index (χ4v) is 2.42. The summed E-state index contributed by atoms with van der Waals surface area (Å²) in [7, 11) is 1.80. The Morgan fingerprint density at radius 3 is 2.57 bits per heavy atom. The normalized spacial score (nSPS) is 10.7. The van der Waals surface area contributed by atoms with Crippen LogP contribution in [0.5, 0.6) is 0 Å². The van der Waals surface area contributed by atoms with E-state index in [1.54, 1.807) is 28.8 Å². The van der Waals surface area contributed by atoms with E-state index in [0.29, 0.717) is 23.5 Å². The number of hydrogen-bond donors (Lipinski definition) is 1. The Kier molecular flexibility index (Phi) is 3.97. The van der Waals surface area contributed by atoms with Gasteiger partial charge in [-0.2, -0.15) is 10.2 Å². The Bertz CT molecular complexity index is 829. The monoisotopic (exact) mass is 309 g/mol. The fraction of sp³-hybridized carbons (Fsp3) is 0.235. The third-order valence-electron chi connectivity index (χ3n) is 3.61. The largest absolute Gasteiger partial charge is 0.319 e. The highest BCUT2D eigenvalue weighted by Crippen LogP contribution is 2.12. The quantitative estimate of drug-likeness (QED) is 0.805. The summed E-state index contributed by atoms with van der Waals surface area (Å²) in [6, 6.07) is 8.31. The molecule has 6 nitrogen and oxygen atoms in total. The first-order valence-electron chi connectivity index (χ1n) is 7.41. The zero-order valence-corrected chi connectivity index (χ0v) is 13.4. The second-order valence-electron chi connectivity index (χ2n) is 5.67. The second kappa shape index (κ2) is 6.08. The number of aromatic nitrogens is 4. The highest BCUT2D eigenvalue weighted by Gasteiger charge is 2.13. The second-order valence-corrected chi connectivity index (χ2v) is 5.67. The standard InChI is InChI=1S/C17H19N5O/c1-12-4-6-14(7-5-12)9-22-10-15(8-18-22)19-17(23)16-11-21(3)20-13(16)2/h4-8,10-11H,9H2,1-3H3,(H,19,23). The van der Waals surface area contributed by atoms with Gasteiger partial charge in [0.15, 0.2) is 0 Å². The molecule has 118 valence electrons. The molecular formula is C17H19N5O. The van der Waals surface area contributed by atoms with Crippen molar-refractivity contribution < 1.29 is 4.79 Å². The highest BCUT2D eigenvalue weighted by molar-refractivity contribution is 6.04. The molecule has 0 aliphatic heterocycles. The number of nitrogens with zero attached hydrogens (tertiary/aromatic N) is 4. The lowest BCUT2D eigenvalue weighted by Gasteiger charge is -2.03. The summed E-state index contributed by atoms with van der Waals surface area (Å²) in [4.78, 5) is 12.3. The molecule has 6 heteroatoms. The van der Waals surface area contributed by atoms with Crippen LogP contribution in [0, 0.1) is 13.8 Å². The summed E-state index contributed by atoms with van der Waals surface area (Å²) < 4.78 is 3.43. The van der Waals surface area contributed by atoms with Crippen molar-refractivity contribution in [1.82, 2.24) is 19.6 Å². The van der Waals surface area contributed by atoms with Crippen LogP contribution in [-0.2, 0) is 13.6 Å². The number of benzene rings is 1. The van der Waals surface area contributed by atoms with Gasteiger partial charge in [-0.1, -0.05) is 29.8 Å². The van der Waals surface area contributed by atoms with E-state index < -0.39 is 0 Å². The molecule has 1 N–H and O–H groups in total. The van der Waals surface area contributed by atoms with Crippen molar-refractivity contribution in [3.05, 3.63) is 65.2 Å². The molecule has 0 aliphatic rings. The van der Waals surface area contributed by atoms with E-state index in [4.69, 9.17) is 0 Å². The summed E-state index contributed by atoms with van der Waals surface area (Å²) in [6.07, 6.45) is 5.18. The van der Waals surface area contributed by atoms with Gasteiger partial charge in [0, 0.05) is 19.4 Å². The topological polar surface area (TPSA) is 64.7 Å². The summed E-state index contributed by atoms with van der Waals surface area (Å²) in [5.74, 6) is -0.175. The van der Waals surface area contributed by atoms with Crippen molar-refractivity contribution in [2.24, 2.45) is 7.05 Å². The molecule has 3 rings (SSSR count). The summed E-state index contributed by atoms with van der Waals surface area (Å²) in [5, 5.41) is 11.3. The van der Waals surface area contributed by atoms with E-state index in [1.807, 2.05) is 13.1 Å². The molecule has 0 saturated carbocycles. The van der Waals surface area contributed by atoms with Gasteiger partial charge in [0.1, 0.15) is 0 Å². The van der Waals surface area contributed by atoms with Crippen LogP contribution in [0.25, 0.3) is 0 Å². The molecule has 3 aromatic rings. The Morgan fingerprint density at radius 1 is 1.17 bits per heavy atom. The van der Waals surface area contributed by atoms with Crippen molar-refractivity contribution in [3.8, 4) is 0 Å². The third-order valence-corrected chi connectivity index (χ3v) is 3.61. The van der Waals surface area contributed by atoms with Crippen LogP contribution < -0.4 is 5.32 Å². The molecule has 23 heavy (non-hydrogen) atoms. The van der Waals surface area contributed by atoms with Crippen LogP contribution in [-0.4, -0.2) is 25.5 Å². The Labute approximate surface area is 134 Å². The zero-order valence-electron chi connectivity index (χ0n) is 13.4. The van der Waals surface area contributed by atoms with Gasteiger partial charge in [0.05, 0.1) is 29.7 Å². The molecule has 2 heterocycles. The van der Waals surface area contributed by atoms with Gasteiger partial charge < -0.3 is 5.32 Å². The SMILES string of the molecule is Cc1ccc(Cn2cc(NC(=O)c3cn(C)nc3C)cn2)cc1. The van der Waals surface area contributed by atoms with Crippen molar-refractivity contribution in [1.29, 1.82) is 0 Å². The molecule has 1 aromatic carbocycles. The minimum absolute atomic E-state index is 0.175. The van der Waals surface area contributed by atoms with Gasteiger partial charge in [0.25, 0.3) is 5.91 Å². The smallest absolute Gasteiger partial charge is 0.259 e. The molecule has 0 fully saturated rings. The van der Waals surface area contributed by atoms with Gasteiger partial charge in [-0.05, 0) is 19.4 Å². The van der Waals surface area contributed by atoms with Crippen LogP contribution in [0.2, 0.25) is 0 Å².